The van der Waals surface area contributed by atoms with Crippen molar-refractivity contribution in [2.75, 3.05) is 0 Å². The molecule has 0 saturated heterocycles. The molecule has 2 heterocycles. The topological polar surface area (TPSA) is 138 Å². The Balaban J connectivity index is 1.55. The zero-order valence-corrected chi connectivity index (χ0v) is 18.3. The number of carbonyl (C=O) groups is 2. The van der Waals surface area contributed by atoms with Gasteiger partial charge in [-0.15, -0.1) is 33.0 Å². The highest BCUT2D eigenvalue weighted by atomic mass is 19.4. The maximum atomic E-state index is 12.3. The van der Waals surface area contributed by atoms with E-state index in [2.05, 4.69) is 36.0 Å². The highest BCUT2D eigenvalue weighted by Gasteiger charge is 2.31. The van der Waals surface area contributed by atoms with E-state index in [1.54, 1.807) is 20.8 Å². The van der Waals surface area contributed by atoms with Crippen LogP contribution in [0, 0.1) is 0 Å². The molecule has 2 N–H and O–H groups in total. The molecule has 3 aromatic rings. The average molecular weight is 482 g/mol. The largest absolute Gasteiger partial charge is 0.573 e. The van der Waals surface area contributed by atoms with Crippen LogP contribution in [-0.2, 0) is 17.8 Å². The van der Waals surface area contributed by atoms with E-state index in [4.69, 9.17) is 4.74 Å². The molecule has 3 rings (SSSR count). The first-order chi connectivity index (χ1) is 15.9. The van der Waals surface area contributed by atoms with E-state index >= 15 is 0 Å². The molecule has 0 fully saturated rings. The number of alkyl halides is 3. The fourth-order valence-corrected chi connectivity index (χ4v) is 2.53. The van der Waals surface area contributed by atoms with Gasteiger partial charge in [-0.1, -0.05) is 12.1 Å². The lowest BCUT2D eigenvalue weighted by Crippen LogP contribution is -2.32. The molecule has 182 valence electrons. The normalized spacial score (nSPS) is 11.7. The molecule has 0 aliphatic rings. The monoisotopic (exact) mass is 482 g/mol. The molecule has 12 nitrogen and oxygen atoms in total. The van der Waals surface area contributed by atoms with Gasteiger partial charge in [0.2, 0.25) is 0 Å². The summed E-state index contributed by atoms with van der Waals surface area (Å²) in [5, 5.41) is 20.3. The van der Waals surface area contributed by atoms with Crippen molar-refractivity contribution in [1.82, 2.24) is 40.8 Å². The number of nitrogens with zero attached hydrogens (tertiary/aromatic N) is 6. The summed E-state index contributed by atoms with van der Waals surface area (Å²) in [6, 6.07) is 5.22. The van der Waals surface area contributed by atoms with Crippen LogP contribution in [0.4, 0.5) is 18.0 Å². The molecule has 0 aliphatic heterocycles. The van der Waals surface area contributed by atoms with Crippen LogP contribution in [0.3, 0.4) is 0 Å². The summed E-state index contributed by atoms with van der Waals surface area (Å²) in [7, 11) is 0. The van der Waals surface area contributed by atoms with Crippen LogP contribution in [0.5, 0.6) is 5.75 Å². The Morgan fingerprint density at radius 2 is 1.71 bits per heavy atom. The molecule has 0 spiro atoms. The molecule has 34 heavy (non-hydrogen) atoms. The summed E-state index contributed by atoms with van der Waals surface area (Å²) in [5.41, 5.74) is 0.0832. The first kappa shape index (κ1) is 24.5. The van der Waals surface area contributed by atoms with Crippen molar-refractivity contribution >= 4 is 12.0 Å². The van der Waals surface area contributed by atoms with Gasteiger partial charge >= 0.3 is 12.5 Å². The molecular formula is C19H21F3N8O4. The van der Waals surface area contributed by atoms with Crippen molar-refractivity contribution in [3.05, 3.63) is 53.6 Å². The van der Waals surface area contributed by atoms with Crippen molar-refractivity contribution in [2.45, 2.75) is 45.8 Å². The number of carbonyl (C=O) groups excluding carboxylic acids is 2. The lowest BCUT2D eigenvalue weighted by molar-refractivity contribution is -0.274. The molecule has 2 aromatic heterocycles. The minimum atomic E-state index is -4.81. The van der Waals surface area contributed by atoms with Crippen LogP contribution in [0.1, 0.15) is 42.5 Å². The van der Waals surface area contributed by atoms with Crippen molar-refractivity contribution < 1.29 is 32.2 Å². The number of halogens is 3. The summed E-state index contributed by atoms with van der Waals surface area (Å²) in [6.45, 7) is 5.20. The van der Waals surface area contributed by atoms with Gasteiger partial charge in [-0.2, -0.15) is 0 Å². The first-order valence-corrected chi connectivity index (χ1v) is 9.82. The van der Waals surface area contributed by atoms with Crippen LogP contribution in [0.25, 0.3) is 0 Å². The van der Waals surface area contributed by atoms with Crippen LogP contribution in [0.2, 0.25) is 0 Å². The van der Waals surface area contributed by atoms with Gasteiger partial charge < -0.3 is 20.1 Å². The van der Waals surface area contributed by atoms with Gasteiger partial charge in [0.1, 0.15) is 17.0 Å². The van der Waals surface area contributed by atoms with E-state index in [1.165, 1.54) is 29.3 Å². The van der Waals surface area contributed by atoms with E-state index < -0.39 is 29.7 Å². The molecule has 0 atom stereocenters. The molecule has 15 heteroatoms. The second kappa shape index (κ2) is 9.76. The quantitative estimate of drug-likeness (QED) is 0.522. The third kappa shape index (κ3) is 7.46. The minimum Gasteiger partial charge on any atom is -0.444 e. The second-order valence-electron chi connectivity index (χ2n) is 7.89. The predicted molar refractivity (Wildman–Crippen MR) is 108 cm³/mol. The Labute approximate surface area is 191 Å². The van der Waals surface area contributed by atoms with Crippen molar-refractivity contribution in [2.24, 2.45) is 0 Å². The van der Waals surface area contributed by atoms with Crippen molar-refractivity contribution in [3.8, 4) is 5.75 Å². The molecule has 0 radical (unpaired) electrons. The number of alkyl carbamates (subject to hydrolysis) is 1. The molecular weight excluding hydrogens is 461 g/mol. The Morgan fingerprint density at radius 1 is 1.00 bits per heavy atom. The summed E-state index contributed by atoms with van der Waals surface area (Å²) >= 11 is 0. The summed E-state index contributed by atoms with van der Waals surface area (Å²) in [6.07, 6.45) is -2.69. The van der Waals surface area contributed by atoms with E-state index in [1.807, 2.05) is 0 Å². The molecule has 1 aromatic carbocycles. The van der Waals surface area contributed by atoms with Crippen molar-refractivity contribution in [1.29, 1.82) is 0 Å². The summed E-state index contributed by atoms with van der Waals surface area (Å²) < 4.78 is 46.0. The Bertz CT molecular complexity index is 1150. The molecule has 0 saturated carbocycles. The SMILES string of the molecule is CC(C)(C)OC(=O)NCc1cn(-n2cc(C(=O)NCc3cccc(OC(F)(F)F)c3)nn2)nn1. The maximum Gasteiger partial charge on any atom is 0.573 e. The number of rotatable bonds is 7. The standard InChI is InChI=1S/C19H21F3N8O4/c1-18(2,3)34-17(32)24-9-13-10-29(27-25-13)30-11-15(26-28-30)16(31)23-8-12-5-4-6-14(7-12)33-19(20,21)22/h4-7,10-11H,8-9H2,1-3H3,(H,23,31)(H,24,32). The third-order valence-electron chi connectivity index (χ3n) is 3.85. The summed E-state index contributed by atoms with van der Waals surface area (Å²) in [4.78, 5) is 26.4. The fraction of sp³-hybridized carbons (Fsp3) is 0.368. The lowest BCUT2D eigenvalue weighted by atomic mass is 10.2. The average Bonchev–Trinajstić information content (AvgIpc) is 3.38. The Hall–Kier alpha value is -4.17. The number of hydrogen-bond donors (Lipinski definition) is 2. The van der Waals surface area contributed by atoms with E-state index in [-0.39, 0.29) is 18.8 Å². The van der Waals surface area contributed by atoms with Gasteiger partial charge in [0.05, 0.1) is 18.9 Å². The van der Waals surface area contributed by atoms with Crippen LogP contribution in [0.15, 0.2) is 36.7 Å². The third-order valence-corrected chi connectivity index (χ3v) is 3.85. The minimum absolute atomic E-state index is 0.0497. The van der Waals surface area contributed by atoms with Gasteiger partial charge in [-0.3, -0.25) is 4.79 Å². The zero-order chi connectivity index (χ0) is 24.9. The molecule has 0 aliphatic carbocycles. The smallest absolute Gasteiger partial charge is 0.444 e. The Morgan fingerprint density at radius 3 is 2.41 bits per heavy atom. The maximum absolute atomic E-state index is 12.3. The highest BCUT2D eigenvalue weighted by molar-refractivity contribution is 5.91. The Kier molecular flexibility index (Phi) is 7.03. The molecule has 0 unspecified atom stereocenters. The zero-order valence-electron chi connectivity index (χ0n) is 18.3. The van der Waals surface area contributed by atoms with Gasteiger partial charge in [0, 0.05) is 6.54 Å². The van der Waals surface area contributed by atoms with Crippen LogP contribution >= 0.6 is 0 Å². The number of ether oxygens (including phenoxy) is 2. The second-order valence-corrected chi connectivity index (χ2v) is 7.89. The number of benzene rings is 1. The number of hydrogen-bond acceptors (Lipinski definition) is 8. The van der Waals surface area contributed by atoms with E-state index in [9.17, 15) is 22.8 Å². The van der Waals surface area contributed by atoms with E-state index in [0.717, 1.165) is 16.9 Å². The highest BCUT2D eigenvalue weighted by Crippen LogP contribution is 2.23. The molecule has 0 bridgehead atoms. The number of aromatic nitrogens is 6. The van der Waals surface area contributed by atoms with Crippen LogP contribution < -0.4 is 15.4 Å². The van der Waals surface area contributed by atoms with Gasteiger partial charge in [-0.05, 0) is 48.9 Å². The van der Waals surface area contributed by atoms with Gasteiger partial charge in [-0.25, -0.2) is 4.79 Å². The van der Waals surface area contributed by atoms with E-state index in [0.29, 0.717) is 11.3 Å². The first-order valence-electron chi connectivity index (χ1n) is 9.82. The van der Waals surface area contributed by atoms with Crippen molar-refractivity contribution in [3.63, 3.8) is 0 Å². The van der Waals surface area contributed by atoms with Gasteiger partial charge in [0.25, 0.3) is 5.91 Å². The summed E-state index contributed by atoms with van der Waals surface area (Å²) in [5.74, 6) is -1.01. The number of amides is 2. The number of nitrogens with one attached hydrogen (secondary N) is 2. The fourth-order valence-electron chi connectivity index (χ4n) is 2.53. The van der Waals surface area contributed by atoms with Crippen LogP contribution in [-0.4, -0.2) is 54.2 Å². The van der Waals surface area contributed by atoms with Gasteiger partial charge in [0.15, 0.2) is 5.69 Å². The predicted octanol–water partition coefficient (Wildman–Crippen LogP) is 2.03. The lowest BCUT2D eigenvalue weighted by Gasteiger charge is -2.19. The molecule has 2 amide bonds.